The van der Waals surface area contributed by atoms with Crippen molar-refractivity contribution >= 4 is 21.6 Å². The van der Waals surface area contributed by atoms with Crippen molar-refractivity contribution in [2.75, 3.05) is 18.0 Å². The third-order valence-corrected chi connectivity index (χ3v) is 3.95. The van der Waals surface area contributed by atoms with Gasteiger partial charge in [-0.25, -0.2) is 0 Å². The van der Waals surface area contributed by atoms with E-state index in [0.29, 0.717) is 0 Å². The van der Waals surface area contributed by atoms with Gasteiger partial charge >= 0.3 is 0 Å². The van der Waals surface area contributed by atoms with Crippen molar-refractivity contribution in [3.8, 4) is 0 Å². The van der Waals surface area contributed by atoms with Gasteiger partial charge in [-0.3, -0.25) is 0 Å². The average molecular weight is 313 g/mol. The van der Waals surface area contributed by atoms with Gasteiger partial charge in [-0.05, 0) is 38.5 Å². The molecule has 0 aliphatic carbocycles. The van der Waals surface area contributed by atoms with Crippen molar-refractivity contribution in [1.29, 1.82) is 0 Å². The summed E-state index contributed by atoms with van der Waals surface area (Å²) in [7, 11) is 0. The molecular weight excluding hydrogens is 292 g/mol. The first-order valence-corrected chi connectivity index (χ1v) is 7.22. The van der Waals surface area contributed by atoms with Gasteiger partial charge in [-0.1, -0.05) is 22.0 Å². The Balaban J connectivity index is 2.21. The third kappa shape index (κ3) is 3.05. The molecule has 1 aromatic carbocycles. The second-order valence-corrected chi connectivity index (χ2v) is 6.01. The Labute approximate surface area is 117 Å². The molecule has 3 nitrogen and oxygen atoms in total. The van der Waals surface area contributed by atoms with E-state index < -0.39 is 0 Å². The number of hydrogen-bond acceptors (Lipinski definition) is 3. The zero-order chi connectivity index (χ0) is 13.3. The number of anilines is 1. The van der Waals surface area contributed by atoms with E-state index in [2.05, 4.69) is 52.9 Å². The van der Waals surface area contributed by atoms with Gasteiger partial charge in [0, 0.05) is 29.3 Å². The Kier molecular flexibility index (Phi) is 4.30. The van der Waals surface area contributed by atoms with Crippen molar-refractivity contribution < 1.29 is 4.74 Å². The molecule has 2 rings (SSSR count). The number of nitrogens with two attached hydrogens (primary N) is 1. The SMILES string of the molecule is CC1CN(c2ccc(C(C)N)c(Br)c2)CC(C)O1. The number of halogens is 1. The molecule has 1 fully saturated rings. The number of rotatable bonds is 2. The van der Waals surface area contributed by atoms with Gasteiger partial charge in [0.05, 0.1) is 12.2 Å². The second-order valence-electron chi connectivity index (χ2n) is 5.16. The van der Waals surface area contributed by atoms with E-state index >= 15 is 0 Å². The van der Waals surface area contributed by atoms with Gasteiger partial charge in [-0.15, -0.1) is 0 Å². The summed E-state index contributed by atoms with van der Waals surface area (Å²) in [5.74, 6) is 0. The molecule has 1 aliphatic rings. The first-order chi connectivity index (χ1) is 8.47. The first-order valence-electron chi connectivity index (χ1n) is 6.43. The topological polar surface area (TPSA) is 38.5 Å². The lowest BCUT2D eigenvalue weighted by molar-refractivity contribution is -0.00522. The summed E-state index contributed by atoms with van der Waals surface area (Å²) in [6.45, 7) is 8.11. The largest absolute Gasteiger partial charge is 0.372 e. The summed E-state index contributed by atoms with van der Waals surface area (Å²) < 4.78 is 6.84. The van der Waals surface area contributed by atoms with E-state index in [9.17, 15) is 0 Å². The summed E-state index contributed by atoms with van der Waals surface area (Å²) in [4.78, 5) is 2.37. The van der Waals surface area contributed by atoms with Crippen LogP contribution in [0.1, 0.15) is 32.4 Å². The molecule has 1 aliphatic heterocycles. The number of benzene rings is 1. The Hall–Kier alpha value is -0.580. The van der Waals surface area contributed by atoms with Crippen molar-refractivity contribution in [3.63, 3.8) is 0 Å². The molecule has 0 radical (unpaired) electrons. The zero-order valence-corrected chi connectivity index (χ0v) is 12.8. The maximum atomic E-state index is 5.92. The maximum Gasteiger partial charge on any atom is 0.0726 e. The fraction of sp³-hybridized carbons (Fsp3) is 0.571. The minimum absolute atomic E-state index is 0.0518. The van der Waals surface area contributed by atoms with E-state index in [1.165, 1.54) is 5.69 Å². The zero-order valence-electron chi connectivity index (χ0n) is 11.2. The average Bonchev–Trinajstić information content (AvgIpc) is 2.26. The predicted molar refractivity (Wildman–Crippen MR) is 79.0 cm³/mol. The Morgan fingerprint density at radius 1 is 1.33 bits per heavy atom. The molecule has 18 heavy (non-hydrogen) atoms. The van der Waals surface area contributed by atoms with Gasteiger partial charge in [0.2, 0.25) is 0 Å². The summed E-state index contributed by atoms with van der Waals surface area (Å²) in [5, 5.41) is 0. The van der Waals surface area contributed by atoms with Crippen LogP contribution in [-0.2, 0) is 4.74 Å². The first kappa shape index (κ1) is 13.8. The van der Waals surface area contributed by atoms with E-state index in [4.69, 9.17) is 10.5 Å². The van der Waals surface area contributed by atoms with E-state index in [1.807, 2.05) is 6.92 Å². The fourth-order valence-corrected chi connectivity index (χ4v) is 3.20. The quantitative estimate of drug-likeness (QED) is 0.912. The van der Waals surface area contributed by atoms with Gasteiger partial charge in [-0.2, -0.15) is 0 Å². The van der Waals surface area contributed by atoms with E-state index in [-0.39, 0.29) is 18.2 Å². The highest BCUT2D eigenvalue weighted by Crippen LogP contribution is 2.29. The minimum Gasteiger partial charge on any atom is -0.372 e. The Morgan fingerprint density at radius 2 is 1.94 bits per heavy atom. The van der Waals surface area contributed by atoms with Crippen molar-refractivity contribution in [3.05, 3.63) is 28.2 Å². The standard InChI is InChI=1S/C14H21BrN2O/c1-9-7-17(8-10(2)18-9)12-4-5-13(11(3)16)14(15)6-12/h4-6,9-11H,7-8,16H2,1-3H3. The van der Waals surface area contributed by atoms with Crippen LogP contribution in [0.4, 0.5) is 5.69 Å². The summed E-state index contributed by atoms with van der Waals surface area (Å²) in [5.41, 5.74) is 8.30. The van der Waals surface area contributed by atoms with Gasteiger partial charge < -0.3 is 15.4 Å². The van der Waals surface area contributed by atoms with Crippen LogP contribution < -0.4 is 10.6 Å². The van der Waals surface area contributed by atoms with E-state index in [1.54, 1.807) is 0 Å². The van der Waals surface area contributed by atoms with Crippen LogP contribution in [0.25, 0.3) is 0 Å². The Bertz CT molecular complexity index is 412. The molecule has 0 spiro atoms. The second kappa shape index (κ2) is 5.59. The molecule has 0 bridgehead atoms. The molecule has 2 N–H and O–H groups in total. The fourth-order valence-electron chi connectivity index (χ4n) is 2.47. The summed E-state index contributed by atoms with van der Waals surface area (Å²) in [6.07, 6.45) is 0.557. The summed E-state index contributed by atoms with van der Waals surface area (Å²) in [6, 6.07) is 6.46. The minimum atomic E-state index is 0.0518. The van der Waals surface area contributed by atoms with Gasteiger partial charge in [0.1, 0.15) is 0 Å². The number of hydrogen-bond donors (Lipinski definition) is 1. The van der Waals surface area contributed by atoms with Crippen molar-refractivity contribution in [1.82, 2.24) is 0 Å². The highest BCUT2D eigenvalue weighted by atomic mass is 79.9. The van der Waals surface area contributed by atoms with E-state index in [0.717, 1.165) is 23.1 Å². The van der Waals surface area contributed by atoms with Crippen LogP contribution >= 0.6 is 15.9 Å². The lowest BCUT2D eigenvalue weighted by atomic mass is 10.1. The molecule has 100 valence electrons. The number of nitrogens with zero attached hydrogens (tertiary/aromatic N) is 1. The number of morpholine rings is 1. The maximum absolute atomic E-state index is 5.92. The van der Waals surface area contributed by atoms with Crippen LogP contribution in [-0.4, -0.2) is 25.3 Å². The van der Waals surface area contributed by atoms with Gasteiger partial charge in [0.25, 0.3) is 0 Å². The molecule has 4 heteroatoms. The third-order valence-electron chi connectivity index (χ3n) is 3.26. The van der Waals surface area contributed by atoms with Crippen LogP contribution in [0.2, 0.25) is 0 Å². The van der Waals surface area contributed by atoms with Crippen LogP contribution in [0.3, 0.4) is 0 Å². The predicted octanol–water partition coefficient (Wildman–Crippen LogP) is 3.08. The monoisotopic (exact) mass is 312 g/mol. The molecule has 3 unspecified atom stereocenters. The molecule has 0 amide bonds. The molecule has 1 heterocycles. The van der Waals surface area contributed by atoms with Crippen LogP contribution in [0.15, 0.2) is 22.7 Å². The molecular formula is C14H21BrN2O. The lowest BCUT2D eigenvalue weighted by Gasteiger charge is -2.37. The lowest BCUT2D eigenvalue weighted by Crippen LogP contribution is -2.45. The van der Waals surface area contributed by atoms with Gasteiger partial charge in [0.15, 0.2) is 0 Å². The summed E-state index contributed by atoms with van der Waals surface area (Å²) >= 11 is 3.61. The molecule has 1 saturated heterocycles. The highest BCUT2D eigenvalue weighted by molar-refractivity contribution is 9.10. The molecule has 3 atom stereocenters. The number of ether oxygens (including phenoxy) is 1. The van der Waals surface area contributed by atoms with Crippen LogP contribution in [0, 0.1) is 0 Å². The van der Waals surface area contributed by atoms with Crippen molar-refractivity contribution in [2.45, 2.75) is 39.0 Å². The molecule has 0 aromatic heterocycles. The molecule has 1 aromatic rings. The van der Waals surface area contributed by atoms with Crippen molar-refractivity contribution in [2.24, 2.45) is 5.73 Å². The molecule has 0 saturated carbocycles. The normalized spacial score (nSPS) is 26.2. The van der Waals surface area contributed by atoms with Crippen LogP contribution in [0.5, 0.6) is 0 Å². The smallest absolute Gasteiger partial charge is 0.0726 e. The highest BCUT2D eigenvalue weighted by Gasteiger charge is 2.22. The Morgan fingerprint density at radius 3 is 2.44 bits per heavy atom.